The molecule has 0 amide bonds. The van der Waals surface area contributed by atoms with E-state index >= 15 is 0 Å². The van der Waals surface area contributed by atoms with Crippen LogP contribution >= 0.6 is 0 Å². The second-order valence-corrected chi connectivity index (χ2v) is 6.55. The Kier molecular flexibility index (Phi) is 5.22. The van der Waals surface area contributed by atoms with Gasteiger partial charge < -0.3 is 0 Å². The maximum absolute atomic E-state index is 9.39. The number of allylic oxidation sites excluding steroid dienone is 4. The second-order valence-electron chi connectivity index (χ2n) is 6.55. The summed E-state index contributed by atoms with van der Waals surface area (Å²) in [5, 5.41) is 9.39. The van der Waals surface area contributed by atoms with Gasteiger partial charge in [0.15, 0.2) is 0 Å². The van der Waals surface area contributed by atoms with E-state index in [-0.39, 0.29) is 0 Å². The van der Waals surface area contributed by atoms with Gasteiger partial charge in [0.25, 0.3) is 0 Å². The molecule has 0 saturated heterocycles. The summed E-state index contributed by atoms with van der Waals surface area (Å²) >= 11 is 0. The van der Waals surface area contributed by atoms with E-state index in [9.17, 15) is 5.26 Å². The average Bonchev–Trinajstić information content (AvgIpc) is 2.45. The predicted molar refractivity (Wildman–Crippen MR) is 83.4 cm³/mol. The van der Waals surface area contributed by atoms with Crippen LogP contribution in [0.2, 0.25) is 0 Å². The Morgan fingerprint density at radius 1 is 1.50 bits per heavy atom. The van der Waals surface area contributed by atoms with E-state index in [2.05, 4.69) is 51.2 Å². The van der Waals surface area contributed by atoms with E-state index in [1.807, 2.05) is 0 Å². The van der Waals surface area contributed by atoms with Crippen LogP contribution in [0.3, 0.4) is 0 Å². The van der Waals surface area contributed by atoms with Crippen LogP contribution in [0, 0.1) is 17.8 Å². The molecule has 4 unspecified atom stereocenters. The summed E-state index contributed by atoms with van der Waals surface area (Å²) in [5.74, 6) is 1.84. The third kappa shape index (κ3) is 3.42. The van der Waals surface area contributed by atoms with Crippen molar-refractivity contribution in [1.29, 1.82) is 0 Å². The fourth-order valence-electron chi connectivity index (χ4n) is 3.69. The fraction of sp³-hybridized carbons (Fsp3) is 0.667. The summed E-state index contributed by atoms with van der Waals surface area (Å²) in [7, 11) is 0. The van der Waals surface area contributed by atoms with Crippen molar-refractivity contribution in [3.63, 3.8) is 0 Å². The summed E-state index contributed by atoms with van der Waals surface area (Å²) in [6.45, 7) is 6.66. The minimum absolute atomic E-state index is 0.502. The molecule has 20 heavy (non-hydrogen) atoms. The van der Waals surface area contributed by atoms with Crippen LogP contribution in [0.15, 0.2) is 36.0 Å². The van der Waals surface area contributed by atoms with Crippen LogP contribution in [0.25, 0.3) is 0 Å². The van der Waals surface area contributed by atoms with Gasteiger partial charge in [-0.15, -0.1) is 0 Å². The highest BCUT2D eigenvalue weighted by atomic mass is 17.1. The molecule has 0 heterocycles. The SMILES string of the molecule is CCC1CC=CC(C)C1C=CC1(OO)CCC=C(C)C1. The number of rotatable bonds is 4. The zero-order chi connectivity index (χ0) is 14.6. The van der Waals surface area contributed by atoms with Crippen LogP contribution in [0.5, 0.6) is 0 Å². The highest BCUT2D eigenvalue weighted by Gasteiger charge is 2.32. The lowest BCUT2D eigenvalue weighted by Crippen LogP contribution is -2.32. The van der Waals surface area contributed by atoms with Crippen molar-refractivity contribution in [2.75, 3.05) is 0 Å². The topological polar surface area (TPSA) is 29.5 Å². The maximum atomic E-state index is 9.39. The molecule has 0 aromatic heterocycles. The summed E-state index contributed by atoms with van der Waals surface area (Å²) < 4.78 is 0. The van der Waals surface area contributed by atoms with Crippen molar-refractivity contribution >= 4 is 0 Å². The van der Waals surface area contributed by atoms with Crippen LogP contribution in [-0.4, -0.2) is 10.9 Å². The molecule has 2 aliphatic carbocycles. The highest BCUT2D eigenvalue weighted by molar-refractivity contribution is 5.18. The zero-order valence-electron chi connectivity index (χ0n) is 13.0. The second kappa shape index (κ2) is 6.73. The van der Waals surface area contributed by atoms with Crippen molar-refractivity contribution in [2.24, 2.45) is 17.8 Å². The Morgan fingerprint density at radius 2 is 2.30 bits per heavy atom. The van der Waals surface area contributed by atoms with Gasteiger partial charge in [-0.1, -0.05) is 56.2 Å². The van der Waals surface area contributed by atoms with E-state index in [1.54, 1.807) is 0 Å². The summed E-state index contributed by atoms with van der Waals surface area (Å²) in [5.41, 5.74) is 0.802. The predicted octanol–water partition coefficient (Wildman–Crippen LogP) is 5.14. The van der Waals surface area contributed by atoms with Gasteiger partial charge in [0.2, 0.25) is 0 Å². The van der Waals surface area contributed by atoms with Crippen molar-refractivity contribution in [1.82, 2.24) is 0 Å². The van der Waals surface area contributed by atoms with Gasteiger partial charge >= 0.3 is 0 Å². The van der Waals surface area contributed by atoms with E-state index in [0.717, 1.165) is 19.3 Å². The molecular weight excluding hydrogens is 248 g/mol. The Bertz CT molecular complexity index is 408. The molecule has 0 spiro atoms. The first kappa shape index (κ1) is 15.5. The molecular formula is C18H28O2. The molecule has 2 heteroatoms. The monoisotopic (exact) mass is 276 g/mol. The molecule has 2 aliphatic rings. The molecule has 0 saturated carbocycles. The molecule has 0 bridgehead atoms. The van der Waals surface area contributed by atoms with Gasteiger partial charge in [-0.2, -0.15) is 0 Å². The molecule has 2 rings (SSSR count). The van der Waals surface area contributed by atoms with E-state index in [1.165, 1.54) is 18.4 Å². The molecule has 0 fully saturated rings. The molecule has 0 aliphatic heterocycles. The molecule has 4 atom stereocenters. The highest BCUT2D eigenvalue weighted by Crippen LogP contribution is 2.37. The fourth-order valence-corrected chi connectivity index (χ4v) is 3.69. The van der Waals surface area contributed by atoms with Gasteiger partial charge in [0.05, 0.1) is 0 Å². The molecule has 0 radical (unpaired) electrons. The largest absolute Gasteiger partial charge is 0.251 e. The average molecular weight is 276 g/mol. The van der Waals surface area contributed by atoms with E-state index < -0.39 is 5.60 Å². The lowest BCUT2D eigenvalue weighted by atomic mass is 9.74. The lowest BCUT2D eigenvalue weighted by Gasteiger charge is -2.34. The Labute approximate surface area is 123 Å². The lowest BCUT2D eigenvalue weighted by molar-refractivity contribution is -0.309. The third-order valence-corrected chi connectivity index (χ3v) is 5.00. The van der Waals surface area contributed by atoms with Crippen LogP contribution in [0.4, 0.5) is 0 Å². The number of hydrogen-bond donors (Lipinski definition) is 1. The standard InChI is InChI=1S/C18H28O2/c1-4-16-9-5-8-15(3)17(16)10-12-18(20-19)11-6-7-14(2)13-18/h5,7-8,10,12,15-17,19H,4,6,9,11,13H2,1-3H3. The smallest absolute Gasteiger partial charge is 0.125 e. The van der Waals surface area contributed by atoms with Gasteiger partial charge in [-0.05, 0) is 43.9 Å². The quantitative estimate of drug-likeness (QED) is 0.437. The molecule has 1 N–H and O–H groups in total. The van der Waals surface area contributed by atoms with Crippen LogP contribution in [0.1, 0.15) is 52.9 Å². The number of hydrogen-bond acceptors (Lipinski definition) is 2. The Balaban J connectivity index is 2.13. The normalized spacial score (nSPS) is 38.2. The van der Waals surface area contributed by atoms with Crippen molar-refractivity contribution in [3.8, 4) is 0 Å². The van der Waals surface area contributed by atoms with Gasteiger partial charge in [-0.3, -0.25) is 5.26 Å². The third-order valence-electron chi connectivity index (χ3n) is 5.00. The van der Waals surface area contributed by atoms with Gasteiger partial charge in [0, 0.05) is 6.42 Å². The molecule has 2 nitrogen and oxygen atoms in total. The first-order valence-electron chi connectivity index (χ1n) is 7.94. The van der Waals surface area contributed by atoms with Crippen LogP contribution in [-0.2, 0) is 4.89 Å². The summed E-state index contributed by atoms with van der Waals surface area (Å²) in [6.07, 6.45) is 16.3. The minimum Gasteiger partial charge on any atom is -0.251 e. The van der Waals surface area contributed by atoms with Gasteiger partial charge in [0.1, 0.15) is 5.60 Å². The first-order chi connectivity index (χ1) is 9.60. The van der Waals surface area contributed by atoms with Crippen molar-refractivity contribution in [2.45, 2.75) is 58.5 Å². The Morgan fingerprint density at radius 3 is 2.95 bits per heavy atom. The van der Waals surface area contributed by atoms with E-state index in [4.69, 9.17) is 4.89 Å². The first-order valence-corrected chi connectivity index (χ1v) is 7.94. The van der Waals surface area contributed by atoms with Crippen molar-refractivity contribution in [3.05, 3.63) is 36.0 Å². The molecule has 0 aromatic rings. The summed E-state index contributed by atoms with van der Waals surface area (Å²) in [6, 6.07) is 0. The summed E-state index contributed by atoms with van der Waals surface area (Å²) in [4.78, 5) is 4.90. The maximum Gasteiger partial charge on any atom is 0.125 e. The van der Waals surface area contributed by atoms with Crippen LogP contribution < -0.4 is 0 Å². The van der Waals surface area contributed by atoms with Gasteiger partial charge in [-0.25, -0.2) is 4.89 Å². The minimum atomic E-state index is -0.502. The molecule has 0 aromatic carbocycles. The van der Waals surface area contributed by atoms with Crippen molar-refractivity contribution < 1.29 is 10.1 Å². The van der Waals surface area contributed by atoms with E-state index in [0.29, 0.717) is 17.8 Å². The zero-order valence-corrected chi connectivity index (χ0v) is 13.0. The Hall–Kier alpha value is -0.860. The molecule has 112 valence electrons.